The predicted octanol–water partition coefficient (Wildman–Crippen LogP) is 4.59. The second-order valence-electron chi connectivity index (χ2n) is 5.53. The van der Waals surface area contributed by atoms with E-state index in [2.05, 4.69) is 16.9 Å². The van der Waals surface area contributed by atoms with Crippen molar-refractivity contribution in [2.75, 3.05) is 0 Å². The number of hydrogen-bond acceptors (Lipinski definition) is 3. The van der Waals surface area contributed by atoms with Crippen molar-refractivity contribution in [2.45, 2.75) is 26.1 Å². The smallest absolute Gasteiger partial charge is 0.416 e. The minimum atomic E-state index is -4.49. The molecule has 1 N–H and O–H groups in total. The number of benzene rings is 1. The number of ether oxygens (including phenoxy) is 1. The Morgan fingerprint density at radius 3 is 2.64 bits per heavy atom. The van der Waals surface area contributed by atoms with Gasteiger partial charge in [0.25, 0.3) is 5.91 Å². The number of halogens is 3. The van der Waals surface area contributed by atoms with Crippen molar-refractivity contribution < 1.29 is 22.7 Å². The van der Waals surface area contributed by atoms with Crippen LogP contribution in [-0.2, 0) is 6.18 Å². The summed E-state index contributed by atoms with van der Waals surface area (Å²) in [6, 6.07) is 7.14. The summed E-state index contributed by atoms with van der Waals surface area (Å²) in [4.78, 5) is 16.3. The highest BCUT2D eigenvalue weighted by atomic mass is 19.4. The summed E-state index contributed by atoms with van der Waals surface area (Å²) < 4.78 is 43.8. The van der Waals surface area contributed by atoms with Crippen LogP contribution in [0.5, 0.6) is 11.6 Å². The number of carbonyl (C=O) groups excluding carboxylic acids is 1. The molecule has 0 bridgehead atoms. The fourth-order valence-electron chi connectivity index (χ4n) is 1.89. The lowest BCUT2D eigenvalue weighted by atomic mass is 10.1. The summed E-state index contributed by atoms with van der Waals surface area (Å²) in [5, 5.41) is 2.72. The lowest BCUT2D eigenvalue weighted by Crippen LogP contribution is -2.33. The topological polar surface area (TPSA) is 51.2 Å². The summed E-state index contributed by atoms with van der Waals surface area (Å²) in [6.45, 7) is 7.30. The lowest BCUT2D eigenvalue weighted by molar-refractivity contribution is -0.137. The number of nitrogens with one attached hydrogen (secondary N) is 1. The fourth-order valence-corrected chi connectivity index (χ4v) is 1.89. The minimum absolute atomic E-state index is 0.0597. The number of hydrogen-bond donors (Lipinski definition) is 1. The van der Waals surface area contributed by atoms with E-state index in [9.17, 15) is 18.0 Å². The number of carbonyl (C=O) groups is 1. The molecule has 0 aliphatic rings. The van der Waals surface area contributed by atoms with Gasteiger partial charge in [0.2, 0.25) is 5.88 Å². The molecule has 2 rings (SSSR count). The lowest BCUT2D eigenvalue weighted by Gasteiger charge is -2.15. The van der Waals surface area contributed by atoms with Gasteiger partial charge in [-0.15, -0.1) is 0 Å². The molecule has 0 saturated carbocycles. The average molecular weight is 350 g/mol. The maximum Gasteiger partial charge on any atom is 0.416 e. The van der Waals surface area contributed by atoms with Crippen LogP contribution in [0.2, 0.25) is 0 Å². The van der Waals surface area contributed by atoms with Gasteiger partial charge in [-0.1, -0.05) is 18.2 Å². The van der Waals surface area contributed by atoms with Crippen LogP contribution in [0.3, 0.4) is 0 Å². The third-order valence-electron chi connectivity index (χ3n) is 3.48. The largest absolute Gasteiger partial charge is 0.438 e. The molecule has 0 aliphatic carbocycles. The van der Waals surface area contributed by atoms with Crippen molar-refractivity contribution in [3.63, 3.8) is 0 Å². The maximum atomic E-state index is 12.8. The molecule has 7 heteroatoms. The van der Waals surface area contributed by atoms with Crippen molar-refractivity contribution in [1.82, 2.24) is 10.3 Å². The monoisotopic (exact) mass is 350 g/mol. The van der Waals surface area contributed by atoms with Crippen LogP contribution in [-0.4, -0.2) is 16.9 Å². The Balaban J connectivity index is 2.27. The summed E-state index contributed by atoms with van der Waals surface area (Å²) in [5.41, 5.74) is 0.0356. The van der Waals surface area contributed by atoms with E-state index in [4.69, 9.17) is 4.74 Å². The fraction of sp³-hybridized carbons (Fsp3) is 0.222. The molecule has 0 radical (unpaired) electrons. The summed E-state index contributed by atoms with van der Waals surface area (Å²) in [6.07, 6.45) is -3.09. The molecule has 1 amide bonds. The number of nitrogens with zero attached hydrogens (tertiary/aromatic N) is 1. The molecule has 2 aromatic rings. The second kappa shape index (κ2) is 7.38. The summed E-state index contributed by atoms with van der Waals surface area (Å²) >= 11 is 0. The third-order valence-corrected chi connectivity index (χ3v) is 3.48. The van der Waals surface area contributed by atoms with Gasteiger partial charge in [0.1, 0.15) is 11.3 Å². The Bertz CT molecular complexity index is 788. The van der Waals surface area contributed by atoms with Crippen molar-refractivity contribution >= 4 is 5.91 Å². The number of pyridine rings is 1. The molecule has 0 spiro atoms. The Morgan fingerprint density at radius 2 is 2.00 bits per heavy atom. The minimum Gasteiger partial charge on any atom is -0.438 e. The SMILES string of the molecule is C=C(C)C(C)NC(=O)c1cccnc1Oc1cccc(C(F)(F)F)c1. The first-order chi connectivity index (χ1) is 11.7. The van der Waals surface area contributed by atoms with Crippen LogP contribution in [0.4, 0.5) is 13.2 Å². The zero-order valence-corrected chi connectivity index (χ0v) is 13.7. The first-order valence-electron chi connectivity index (χ1n) is 7.45. The maximum absolute atomic E-state index is 12.8. The third kappa shape index (κ3) is 4.82. The number of aromatic nitrogens is 1. The molecule has 0 aliphatic heterocycles. The van der Waals surface area contributed by atoms with Gasteiger partial charge < -0.3 is 10.1 Å². The molecular weight excluding hydrogens is 333 g/mol. The van der Waals surface area contributed by atoms with Crippen molar-refractivity contribution in [3.05, 3.63) is 65.9 Å². The van der Waals surface area contributed by atoms with E-state index in [1.807, 2.05) is 0 Å². The van der Waals surface area contributed by atoms with Gasteiger partial charge in [0, 0.05) is 12.2 Å². The molecule has 0 fully saturated rings. The highest BCUT2D eigenvalue weighted by molar-refractivity contribution is 5.96. The molecular formula is C18H17F3N2O2. The zero-order chi connectivity index (χ0) is 18.6. The molecule has 25 heavy (non-hydrogen) atoms. The molecule has 0 saturated heterocycles. The van der Waals surface area contributed by atoms with Crippen LogP contribution < -0.4 is 10.1 Å². The van der Waals surface area contributed by atoms with Gasteiger partial charge in [-0.05, 0) is 44.2 Å². The standard InChI is InChI=1S/C18H17F3N2O2/c1-11(2)12(3)23-16(24)15-8-5-9-22-17(15)25-14-7-4-6-13(10-14)18(19,20)21/h4-10,12H,1H2,2-3H3,(H,23,24). The Morgan fingerprint density at radius 1 is 1.28 bits per heavy atom. The number of alkyl halides is 3. The van der Waals surface area contributed by atoms with Gasteiger partial charge in [0.05, 0.1) is 5.56 Å². The quantitative estimate of drug-likeness (QED) is 0.803. The van der Waals surface area contributed by atoms with Crippen LogP contribution in [0.1, 0.15) is 29.8 Å². The van der Waals surface area contributed by atoms with E-state index >= 15 is 0 Å². The van der Waals surface area contributed by atoms with E-state index in [1.165, 1.54) is 24.4 Å². The Hall–Kier alpha value is -2.83. The van der Waals surface area contributed by atoms with Gasteiger partial charge in [0.15, 0.2) is 0 Å². The Kier molecular flexibility index (Phi) is 5.46. The molecule has 1 heterocycles. The van der Waals surface area contributed by atoms with Crippen LogP contribution in [0.15, 0.2) is 54.7 Å². The summed E-state index contributed by atoms with van der Waals surface area (Å²) in [7, 11) is 0. The van der Waals surface area contributed by atoms with E-state index in [0.29, 0.717) is 0 Å². The van der Waals surface area contributed by atoms with Gasteiger partial charge in [-0.25, -0.2) is 4.98 Å². The highest BCUT2D eigenvalue weighted by Crippen LogP contribution is 2.32. The number of amides is 1. The highest BCUT2D eigenvalue weighted by Gasteiger charge is 2.30. The van der Waals surface area contributed by atoms with Crippen molar-refractivity contribution in [3.8, 4) is 11.6 Å². The van der Waals surface area contributed by atoms with Gasteiger partial charge >= 0.3 is 6.18 Å². The molecule has 1 unspecified atom stereocenters. The van der Waals surface area contributed by atoms with E-state index in [-0.39, 0.29) is 23.2 Å². The zero-order valence-electron chi connectivity index (χ0n) is 13.7. The van der Waals surface area contributed by atoms with Crippen LogP contribution >= 0.6 is 0 Å². The van der Waals surface area contributed by atoms with Crippen LogP contribution in [0, 0.1) is 0 Å². The number of rotatable bonds is 5. The molecule has 132 valence electrons. The van der Waals surface area contributed by atoms with E-state index in [0.717, 1.165) is 17.7 Å². The molecule has 1 aromatic heterocycles. The summed E-state index contributed by atoms with van der Waals surface area (Å²) in [5.74, 6) is -0.589. The van der Waals surface area contributed by atoms with Crippen LogP contribution in [0.25, 0.3) is 0 Å². The molecule has 1 aromatic carbocycles. The molecule has 4 nitrogen and oxygen atoms in total. The first kappa shape index (κ1) is 18.5. The normalized spacial score (nSPS) is 12.4. The first-order valence-corrected chi connectivity index (χ1v) is 7.45. The van der Waals surface area contributed by atoms with Gasteiger partial charge in [-0.2, -0.15) is 13.2 Å². The van der Waals surface area contributed by atoms with E-state index < -0.39 is 17.6 Å². The van der Waals surface area contributed by atoms with Crippen molar-refractivity contribution in [1.29, 1.82) is 0 Å². The average Bonchev–Trinajstić information content (AvgIpc) is 2.54. The van der Waals surface area contributed by atoms with Gasteiger partial charge in [-0.3, -0.25) is 4.79 Å². The predicted molar refractivity (Wildman–Crippen MR) is 87.5 cm³/mol. The van der Waals surface area contributed by atoms with Crippen molar-refractivity contribution in [2.24, 2.45) is 0 Å². The second-order valence-corrected chi connectivity index (χ2v) is 5.53. The Labute approximate surface area is 143 Å². The molecule has 1 atom stereocenters. The van der Waals surface area contributed by atoms with E-state index in [1.54, 1.807) is 19.9 Å².